The molecule has 1 amide bonds. The third-order valence-corrected chi connectivity index (χ3v) is 8.77. The largest absolute Gasteiger partial charge is 0.337 e. The first-order valence-corrected chi connectivity index (χ1v) is 13.1. The van der Waals surface area contributed by atoms with Crippen LogP contribution in [0.2, 0.25) is 10.0 Å². The summed E-state index contributed by atoms with van der Waals surface area (Å²) in [5.74, 6) is -0.0360. The standard InChI is InChI=1S/C26H21Cl2N3OS2/c1-16-8-10-19(15-20(16)28)29-26-31(13-12-17-6-4-3-5-7-17)24(32)23(34-26)25-30(2)21-14-18(27)9-11-22(21)33-25/h3-11,14-15H,12-13H2,1-2H3. The van der Waals surface area contributed by atoms with Crippen LogP contribution in [0.15, 0.2) is 86.6 Å². The molecule has 5 rings (SSSR count). The van der Waals surface area contributed by atoms with Crippen LogP contribution >= 0.6 is 46.7 Å². The minimum absolute atomic E-state index is 0.0360. The molecule has 4 nitrogen and oxygen atoms in total. The monoisotopic (exact) mass is 525 g/mol. The Labute approximate surface area is 217 Å². The van der Waals surface area contributed by atoms with Crippen LogP contribution in [0.1, 0.15) is 11.1 Å². The Bertz CT molecular complexity index is 1340. The second-order valence-corrected chi connectivity index (χ2v) is 10.9. The van der Waals surface area contributed by atoms with Gasteiger partial charge in [-0.2, -0.15) is 0 Å². The number of benzene rings is 3. The Morgan fingerprint density at radius 3 is 2.53 bits per heavy atom. The summed E-state index contributed by atoms with van der Waals surface area (Å²) in [6.07, 6.45) is 0.738. The highest BCUT2D eigenvalue weighted by atomic mass is 35.5. The van der Waals surface area contributed by atoms with Gasteiger partial charge < -0.3 is 4.90 Å². The Hall–Kier alpha value is -2.38. The van der Waals surface area contributed by atoms with Crippen LogP contribution in [0.3, 0.4) is 0 Å². The number of rotatable bonds is 4. The number of amidine groups is 1. The zero-order valence-corrected chi connectivity index (χ0v) is 21.7. The highest BCUT2D eigenvalue weighted by Gasteiger charge is 2.39. The number of halogens is 2. The Morgan fingerprint density at radius 1 is 0.971 bits per heavy atom. The van der Waals surface area contributed by atoms with Crippen LogP contribution in [-0.2, 0) is 11.2 Å². The molecule has 2 heterocycles. The maximum Gasteiger partial charge on any atom is 0.269 e. The summed E-state index contributed by atoms with van der Waals surface area (Å²) in [5.41, 5.74) is 3.89. The van der Waals surface area contributed by atoms with Gasteiger partial charge in [0.05, 0.1) is 16.4 Å². The van der Waals surface area contributed by atoms with Gasteiger partial charge in [0.15, 0.2) is 5.17 Å². The number of thioether (sulfide) groups is 2. The summed E-state index contributed by atoms with van der Waals surface area (Å²) < 4.78 is 0. The molecule has 3 aromatic carbocycles. The summed E-state index contributed by atoms with van der Waals surface area (Å²) in [5, 5.41) is 2.88. The van der Waals surface area contributed by atoms with Crippen LogP contribution in [-0.4, -0.2) is 29.6 Å². The molecule has 1 fully saturated rings. The van der Waals surface area contributed by atoms with Gasteiger partial charge in [-0.3, -0.25) is 9.69 Å². The van der Waals surface area contributed by atoms with Crippen LogP contribution in [0.5, 0.6) is 0 Å². The topological polar surface area (TPSA) is 35.9 Å². The number of carbonyl (C=O) groups excluding carboxylic acids is 1. The Balaban J connectivity index is 1.51. The molecule has 0 aliphatic carbocycles. The third-order valence-electron chi connectivity index (χ3n) is 5.70. The van der Waals surface area contributed by atoms with Crippen molar-refractivity contribution in [3.63, 3.8) is 0 Å². The molecule has 34 heavy (non-hydrogen) atoms. The molecule has 0 radical (unpaired) electrons. The molecule has 1 saturated heterocycles. The lowest BCUT2D eigenvalue weighted by atomic mass is 10.1. The number of amides is 1. The molecule has 2 aliphatic heterocycles. The molecular formula is C26H21Cl2N3OS2. The van der Waals surface area contributed by atoms with Crippen molar-refractivity contribution in [2.45, 2.75) is 18.2 Å². The van der Waals surface area contributed by atoms with Gasteiger partial charge in [-0.1, -0.05) is 71.4 Å². The first-order chi connectivity index (χ1) is 16.4. The van der Waals surface area contributed by atoms with Crippen molar-refractivity contribution >= 4 is 69.2 Å². The lowest BCUT2D eigenvalue weighted by Gasteiger charge is -2.17. The van der Waals surface area contributed by atoms with Crippen molar-refractivity contribution in [2.24, 2.45) is 4.99 Å². The average molecular weight is 527 g/mol. The van der Waals surface area contributed by atoms with Gasteiger partial charge in [0, 0.05) is 28.5 Å². The van der Waals surface area contributed by atoms with E-state index in [1.165, 1.54) is 17.3 Å². The van der Waals surface area contributed by atoms with Crippen molar-refractivity contribution in [1.82, 2.24) is 4.90 Å². The van der Waals surface area contributed by atoms with E-state index in [0.29, 0.717) is 26.7 Å². The van der Waals surface area contributed by atoms with E-state index < -0.39 is 0 Å². The second kappa shape index (κ2) is 9.70. The average Bonchev–Trinajstić information content (AvgIpc) is 3.31. The van der Waals surface area contributed by atoms with E-state index in [0.717, 1.165) is 33.3 Å². The smallest absolute Gasteiger partial charge is 0.269 e. The van der Waals surface area contributed by atoms with Crippen molar-refractivity contribution in [3.05, 3.63) is 97.8 Å². The predicted molar refractivity (Wildman–Crippen MR) is 145 cm³/mol. The molecule has 0 aromatic heterocycles. The number of fused-ring (bicyclic) bond motifs is 1. The number of aryl methyl sites for hydroxylation is 1. The lowest BCUT2D eigenvalue weighted by Crippen LogP contribution is -2.31. The minimum Gasteiger partial charge on any atom is -0.337 e. The van der Waals surface area contributed by atoms with Crippen LogP contribution < -0.4 is 4.90 Å². The summed E-state index contributed by atoms with van der Waals surface area (Å²) in [7, 11) is 1.97. The van der Waals surface area contributed by atoms with E-state index >= 15 is 0 Å². The SMILES string of the molecule is Cc1ccc(N=C2SC(=C3Sc4ccc(Cl)cc4N3C)C(=O)N2CCc2ccccc2)cc1Cl. The predicted octanol–water partition coefficient (Wildman–Crippen LogP) is 7.52. The summed E-state index contributed by atoms with van der Waals surface area (Å²) in [6.45, 7) is 2.50. The fourth-order valence-electron chi connectivity index (χ4n) is 3.78. The summed E-state index contributed by atoms with van der Waals surface area (Å²) in [4.78, 5) is 24.1. The maximum atomic E-state index is 13.7. The zero-order chi connectivity index (χ0) is 23.8. The Kier molecular flexibility index (Phi) is 6.67. The fraction of sp³-hybridized carbons (Fsp3) is 0.154. The summed E-state index contributed by atoms with van der Waals surface area (Å²) >= 11 is 15.6. The van der Waals surface area contributed by atoms with Crippen molar-refractivity contribution in [1.29, 1.82) is 0 Å². The molecule has 0 spiro atoms. The first-order valence-electron chi connectivity index (χ1n) is 10.7. The first kappa shape index (κ1) is 23.4. The molecule has 0 unspecified atom stereocenters. The van der Waals surface area contributed by atoms with Crippen molar-refractivity contribution in [2.75, 3.05) is 18.5 Å². The molecule has 3 aromatic rings. The number of anilines is 1. The molecule has 2 aliphatic rings. The van der Waals surface area contributed by atoms with Gasteiger partial charge >= 0.3 is 0 Å². The minimum atomic E-state index is -0.0360. The molecule has 0 N–H and O–H groups in total. The number of hydrogen-bond donors (Lipinski definition) is 0. The molecule has 0 saturated carbocycles. The van der Waals surface area contributed by atoms with E-state index in [1.807, 2.05) is 73.5 Å². The zero-order valence-electron chi connectivity index (χ0n) is 18.6. The van der Waals surface area contributed by atoms with E-state index in [-0.39, 0.29) is 5.91 Å². The third kappa shape index (κ3) is 4.60. The normalized spacial score (nSPS) is 18.8. The van der Waals surface area contributed by atoms with Gasteiger partial charge in [0.1, 0.15) is 4.91 Å². The molecule has 8 heteroatoms. The van der Waals surface area contributed by atoms with E-state index in [9.17, 15) is 4.79 Å². The fourth-order valence-corrected chi connectivity index (χ4v) is 6.47. The van der Waals surface area contributed by atoms with E-state index in [1.54, 1.807) is 16.7 Å². The van der Waals surface area contributed by atoms with E-state index in [2.05, 4.69) is 12.1 Å². The van der Waals surface area contributed by atoms with Gasteiger partial charge in [-0.25, -0.2) is 4.99 Å². The Morgan fingerprint density at radius 2 is 1.76 bits per heavy atom. The molecular weight excluding hydrogens is 505 g/mol. The van der Waals surface area contributed by atoms with Crippen LogP contribution in [0, 0.1) is 6.92 Å². The molecule has 0 bridgehead atoms. The highest BCUT2D eigenvalue weighted by molar-refractivity contribution is 8.19. The van der Waals surface area contributed by atoms with Gasteiger partial charge in [-0.05, 0) is 66.6 Å². The van der Waals surface area contributed by atoms with Gasteiger partial charge in [0.2, 0.25) is 0 Å². The van der Waals surface area contributed by atoms with Crippen LogP contribution in [0.4, 0.5) is 11.4 Å². The van der Waals surface area contributed by atoms with Crippen molar-refractivity contribution in [3.8, 4) is 0 Å². The van der Waals surface area contributed by atoms with Gasteiger partial charge in [0.25, 0.3) is 5.91 Å². The number of hydrogen-bond acceptors (Lipinski definition) is 5. The number of nitrogens with zero attached hydrogens (tertiary/aromatic N) is 3. The maximum absolute atomic E-state index is 13.7. The number of aliphatic imine (C=N–C) groups is 1. The lowest BCUT2D eigenvalue weighted by molar-refractivity contribution is -0.122. The van der Waals surface area contributed by atoms with Crippen LogP contribution in [0.25, 0.3) is 0 Å². The summed E-state index contributed by atoms with van der Waals surface area (Å²) in [6, 6.07) is 21.7. The molecule has 0 atom stereocenters. The van der Waals surface area contributed by atoms with Gasteiger partial charge in [-0.15, -0.1) is 0 Å². The van der Waals surface area contributed by atoms with E-state index in [4.69, 9.17) is 28.2 Å². The highest BCUT2D eigenvalue weighted by Crippen LogP contribution is 2.50. The quantitative estimate of drug-likeness (QED) is 0.330. The number of carbonyl (C=O) groups is 1. The molecule has 172 valence electrons. The second-order valence-electron chi connectivity index (χ2n) is 8.03. The van der Waals surface area contributed by atoms with Crippen molar-refractivity contribution < 1.29 is 4.79 Å².